The molecule has 0 atom stereocenters. The van der Waals surface area contributed by atoms with E-state index >= 15 is 0 Å². The van der Waals surface area contributed by atoms with E-state index in [4.69, 9.17) is 4.74 Å². The van der Waals surface area contributed by atoms with E-state index in [1.54, 1.807) is 0 Å². The number of hydrogen-bond acceptors (Lipinski definition) is 3. The smallest absolute Gasteiger partial charge is 0.407 e. The summed E-state index contributed by atoms with van der Waals surface area (Å²) in [5.74, 6) is 0.534. The molecule has 18 heavy (non-hydrogen) atoms. The number of amides is 2. The van der Waals surface area contributed by atoms with Gasteiger partial charge in [-0.3, -0.25) is 4.79 Å². The van der Waals surface area contributed by atoms with E-state index in [1.807, 2.05) is 20.8 Å². The molecule has 0 saturated heterocycles. The Bertz CT molecular complexity index is 278. The maximum Gasteiger partial charge on any atom is 0.407 e. The van der Waals surface area contributed by atoms with Crippen LogP contribution in [0.4, 0.5) is 4.79 Å². The summed E-state index contributed by atoms with van der Waals surface area (Å²) in [7, 11) is 0. The third-order valence-electron chi connectivity index (χ3n) is 3.06. The van der Waals surface area contributed by atoms with Gasteiger partial charge in [0, 0.05) is 12.6 Å². The second kappa shape index (κ2) is 6.61. The van der Waals surface area contributed by atoms with E-state index in [-0.39, 0.29) is 12.1 Å². The monoisotopic (exact) mass is 256 g/mol. The van der Waals surface area contributed by atoms with Crippen LogP contribution in [-0.2, 0) is 9.53 Å². The van der Waals surface area contributed by atoms with Gasteiger partial charge in [0.25, 0.3) is 0 Å². The molecular weight excluding hydrogens is 232 g/mol. The number of carbonyl (C=O) groups is 2. The molecule has 1 saturated carbocycles. The zero-order valence-corrected chi connectivity index (χ0v) is 11.5. The lowest BCUT2D eigenvalue weighted by Crippen LogP contribution is -2.41. The minimum absolute atomic E-state index is 0.201. The van der Waals surface area contributed by atoms with Crippen LogP contribution in [-0.4, -0.2) is 30.7 Å². The second-order valence-corrected chi connectivity index (χ2v) is 5.89. The fourth-order valence-corrected chi connectivity index (χ4v) is 2.20. The molecule has 1 aliphatic rings. The maximum atomic E-state index is 11.6. The van der Waals surface area contributed by atoms with Gasteiger partial charge < -0.3 is 15.4 Å². The molecule has 5 heteroatoms. The highest BCUT2D eigenvalue weighted by Crippen LogP contribution is 2.23. The lowest BCUT2D eigenvalue weighted by Gasteiger charge is -2.29. The largest absolute Gasteiger partial charge is 0.444 e. The Morgan fingerprint density at radius 3 is 2.39 bits per heavy atom. The first-order valence-corrected chi connectivity index (χ1v) is 6.57. The Balaban J connectivity index is 2.23. The van der Waals surface area contributed by atoms with Crippen molar-refractivity contribution >= 4 is 12.5 Å². The molecule has 2 amide bonds. The van der Waals surface area contributed by atoms with Crippen LogP contribution in [0.15, 0.2) is 0 Å². The van der Waals surface area contributed by atoms with Crippen molar-refractivity contribution in [2.75, 3.05) is 6.54 Å². The summed E-state index contributed by atoms with van der Waals surface area (Å²) in [6.45, 7) is 6.31. The van der Waals surface area contributed by atoms with Gasteiger partial charge >= 0.3 is 6.09 Å². The van der Waals surface area contributed by atoms with Crippen LogP contribution in [0.25, 0.3) is 0 Å². The van der Waals surface area contributed by atoms with Gasteiger partial charge in [-0.1, -0.05) is 0 Å². The number of carbonyl (C=O) groups excluding carboxylic acids is 2. The molecule has 0 aromatic carbocycles. The molecule has 0 radical (unpaired) electrons. The lowest BCUT2D eigenvalue weighted by atomic mass is 9.86. The lowest BCUT2D eigenvalue weighted by molar-refractivity contribution is -0.109. The normalized spacial score (nSPS) is 24.2. The Kier molecular flexibility index (Phi) is 5.44. The summed E-state index contributed by atoms with van der Waals surface area (Å²) >= 11 is 0. The fraction of sp³-hybridized carbons (Fsp3) is 0.846. The summed E-state index contributed by atoms with van der Waals surface area (Å²) in [5.41, 5.74) is -0.449. The standard InChI is InChI=1S/C13H24N2O3/c1-13(2,3)18-12(17)15-11-6-4-10(5-7-11)8-14-9-16/h9-11H,4-8H2,1-3H3,(H,14,16)(H,15,17)/t10-,11-. The minimum atomic E-state index is -0.449. The maximum absolute atomic E-state index is 11.6. The SMILES string of the molecule is CC(C)(C)OC(=O)N[C@H]1CC[C@H](CNC=O)CC1. The molecule has 0 aromatic heterocycles. The minimum Gasteiger partial charge on any atom is -0.444 e. The van der Waals surface area contributed by atoms with Crippen molar-refractivity contribution < 1.29 is 14.3 Å². The summed E-state index contributed by atoms with van der Waals surface area (Å²) in [4.78, 5) is 21.8. The van der Waals surface area contributed by atoms with Gasteiger partial charge in [-0.05, 0) is 52.4 Å². The number of ether oxygens (including phenoxy) is 1. The topological polar surface area (TPSA) is 67.4 Å². The Morgan fingerprint density at radius 2 is 1.89 bits per heavy atom. The quantitative estimate of drug-likeness (QED) is 0.754. The Morgan fingerprint density at radius 1 is 1.28 bits per heavy atom. The second-order valence-electron chi connectivity index (χ2n) is 5.89. The van der Waals surface area contributed by atoms with Crippen LogP contribution in [0.1, 0.15) is 46.5 Å². The molecule has 0 spiro atoms. The van der Waals surface area contributed by atoms with Crippen molar-refractivity contribution in [2.24, 2.45) is 5.92 Å². The van der Waals surface area contributed by atoms with Crippen molar-refractivity contribution in [2.45, 2.75) is 58.1 Å². The number of rotatable bonds is 4. The molecule has 0 heterocycles. The highest BCUT2D eigenvalue weighted by Gasteiger charge is 2.24. The van der Waals surface area contributed by atoms with E-state index in [2.05, 4.69) is 10.6 Å². The summed E-state index contributed by atoms with van der Waals surface area (Å²) in [6.07, 6.45) is 4.36. The predicted octanol–water partition coefficient (Wildman–Crippen LogP) is 1.82. The number of nitrogens with one attached hydrogen (secondary N) is 2. The first kappa shape index (κ1) is 14.8. The highest BCUT2D eigenvalue weighted by molar-refractivity contribution is 5.68. The first-order chi connectivity index (χ1) is 8.40. The molecule has 0 unspecified atom stereocenters. The molecule has 5 nitrogen and oxygen atoms in total. The number of alkyl carbamates (subject to hydrolysis) is 1. The third kappa shape index (κ3) is 5.89. The van der Waals surface area contributed by atoms with Gasteiger partial charge in [0.1, 0.15) is 5.60 Å². The average Bonchev–Trinajstić information content (AvgIpc) is 2.25. The van der Waals surface area contributed by atoms with Gasteiger partial charge in [0.2, 0.25) is 6.41 Å². The average molecular weight is 256 g/mol. The van der Waals surface area contributed by atoms with Gasteiger partial charge in [-0.2, -0.15) is 0 Å². The van der Waals surface area contributed by atoms with Crippen LogP contribution < -0.4 is 10.6 Å². The Hall–Kier alpha value is -1.26. The molecule has 1 fully saturated rings. The molecule has 2 N–H and O–H groups in total. The highest BCUT2D eigenvalue weighted by atomic mass is 16.6. The van der Waals surface area contributed by atoms with Crippen molar-refractivity contribution in [3.63, 3.8) is 0 Å². The molecule has 0 bridgehead atoms. The summed E-state index contributed by atoms with van der Waals surface area (Å²) in [6, 6.07) is 0.201. The van der Waals surface area contributed by atoms with Crippen LogP contribution >= 0.6 is 0 Å². The third-order valence-corrected chi connectivity index (χ3v) is 3.06. The van der Waals surface area contributed by atoms with Crippen LogP contribution in [0, 0.1) is 5.92 Å². The predicted molar refractivity (Wildman–Crippen MR) is 69.2 cm³/mol. The summed E-state index contributed by atoms with van der Waals surface area (Å²) in [5, 5.41) is 5.61. The van der Waals surface area contributed by atoms with Gasteiger partial charge in [0.15, 0.2) is 0 Å². The van der Waals surface area contributed by atoms with Crippen LogP contribution in [0.5, 0.6) is 0 Å². The zero-order valence-electron chi connectivity index (χ0n) is 11.5. The van der Waals surface area contributed by atoms with Gasteiger partial charge in [-0.25, -0.2) is 4.79 Å². The zero-order chi connectivity index (χ0) is 13.6. The van der Waals surface area contributed by atoms with Crippen molar-refractivity contribution in [3.05, 3.63) is 0 Å². The Labute approximate surface area is 109 Å². The van der Waals surface area contributed by atoms with Crippen molar-refractivity contribution in [1.29, 1.82) is 0 Å². The first-order valence-electron chi connectivity index (χ1n) is 6.57. The molecule has 1 rings (SSSR count). The van der Waals surface area contributed by atoms with Crippen LogP contribution in [0.2, 0.25) is 0 Å². The van der Waals surface area contributed by atoms with Crippen molar-refractivity contribution in [1.82, 2.24) is 10.6 Å². The fourth-order valence-electron chi connectivity index (χ4n) is 2.20. The number of hydrogen-bond donors (Lipinski definition) is 2. The van der Waals surface area contributed by atoms with E-state index < -0.39 is 5.60 Å². The molecule has 1 aliphatic carbocycles. The van der Waals surface area contributed by atoms with Crippen LogP contribution in [0.3, 0.4) is 0 Å². The van der Waals surface area contributed by atoms with E-state index in [0.29, 0.717) is 5.92 Å². The van der Waals surface area contributed by atoms with E-state index in [9.17, 15) is 9.59 Å². The van der Waals surface area contributed by atoms with E-state index in [1.165, 1.54) is 0 Å². The summed E-state index contributed by atoms with van der Waals surface area (Å²) < 4.78 is 5.22. The molecule has 0 aliphatic heterocycles. The van der Waals surface area contributed by atoms with Gasteiger partial charge in [0.05, 0.1) is 0 Å². The van der Waals surface area contributed by atoms with E-state index in [0.717, 1.165) is 38.6 Å². The molecule has 0 aromatic rings. The molecule has 104 valence electrons. The van der Waals surface area contributed by atoms with Gasteiger partial charge in [-0.15, -0.1) is 0 Å². The van der Waals surface area contributed by atoms with Crippen molar-refractivity contribution in [3.8, 4) is 0 Å². The molecular formula is C13H24N2O3.